The van der Waals surface area contributed by atoms with E-state index in [9.17, 15) is 4.79 Å². The fourth-order valence-corrected chi connectivity index (χ4v) is 3.34. The van der Waals surface area contributed by atoms with Crippen molar-refractivity contribution >= 4 is 29.1 Å². The molecule has 1 saturated heterocycles. The van der Waals surface area contributed by atoms with Crippen LogP contribution >= 0.6 is 23.2 Å². The van der Waals surface area contributed by atoms with Gasteiger partial charge in [0.05, 0.1) is 6.04 Å². The van der Waals surface area contributed by atoms with E-state index in [-0.39, 0.29) is 11.9 Å². The van der Waals surface area contributed by atoms with Gasteiger partial charge in [0.2, 0.25) is 5.91 Å². The second kappa shape index (κ2) is 5.64. The molecular weight excluding hydrogens is 297 g/mol. The van der Waals surface area contributed by atoms with E-state index in [1.165, 1.54) is 0 Å². The molecule has 20 heavy (non-hydrogen) atoms. The van der Waals surface area contributed by atoms with Gasteiger partial charge >= 0.3 is 0 Å². The summed E-state index contributed by atoms with van der Waals surface area (Å²) in [6, 6.07) is 0.431. The minimum Gasteiger partial charge on any atom is -0.352 e. The summed E-state index contributed by atoms with van der Waals surface area (Å²) >= 11 is 12.2. The Morgan fingerprint density at radius 2 is 1.90 bits per heavy atom. The van der Waals surface area contributed by atoms with Crippen molar-refractivity contribution in [2.24, 2.45) is 5.92 Å². The molecule has 1 amide bonds. The Hall–Kier alpha value is -0.0300. The average Bonchev–Trinajstić information content (AvgIpc) is 3.30. The number of carbonyl (C=O) groups excluding carboxylic acids is 1. The van der Waals surface area contributed by atoms with Crippen molar-refractivity contribution in [3.05, 3.63) is 0 Å². The van der Waals surface area contributed by atoms with Crippen molar-refractivity contribution in [1.29, 1.82) is 0 Å². The topological polar surface area (TPSA) is 35.6 Å². The van der Waals surface area contributed by atoms with E-state index < -0.39 is 4.33 Å². The van der Waals surface area contributed by atoms with E-state index in [1.807, 2.05) is 6.92 Å². The highest BCUT2D eigenvalue weighted by atomic mass is 35.5. The minimum absolute atomic E-state index is 0.0150. The van der Waals surface area contributed by atoms with Gasteiger partial charge in [-0.25, -0.2) is 0 Å². The van der Waals surface area contributed by atoms with Crippen LogP contribution in [0.5, 0.6) is 0 Å². The number of carbonyl (C=O) groups is 1. The first kappa shape index (κ1) is 14.9. The molecule has 0 aromatic heterocycles. The van der Waals surface area contributed by atoms with Crippen molar-refractivity contribution < 1.29 is 4.79 Å². The van der Waals surface area contributed by atoms with Gasteiger partial charge in [-0.3, -0.25) is 9.69 Å². The van der Waals surface area contributed by atoms with E-state index in [2.05, 4.69) is 15.1 Å². The molecule has 6 heteroatoms. The Bertz CT molecular complexity index is 379. The summed E-state index contributed by atoms with van der Waals surface area (Å²) in [5.41, 5.74) is 0. The Morgan fingerprint density at radius 3 is 2.40 bits per heavy atom. The summed E-state index contributed by atoms with van der Waals surface area (Å²) in [6.07, 6.45) is 3.20. The zero-order valence-electron chi connectivity index (χ0n) is 11.9. The van der Waals surface area contributed by atoms with Crippen molar-refractivity contribution in [3.63, 3.8) is 0 Å². The third kappa shape index (κ3) is 3.59. The molecular formula is C14H23Cl2N3O. The minimum atomic E-state index is -0.478. The molecule has 114 valence electrons. The molecule has 1 heterocycles. The average molecular weight is 320 g/mol. The fourth-order valence-electron chi connectivity index (χ4n) is 2.83. The molecule has 3 aliphatic rings. The first-order chi connectivity index (χ1) is 9.45. The van der Waals surface area contributed by atoms with Crippen LogP contribution in [-0.2, 0) is 4.79 Å². The molecule has 1 aliphatic heterocycles. The van der Waals surface area contributed by atoms with E-state index in [0.29, 0.717) is 12.0 Å². The molecule has 0 unspecified atom stereocenters. The van der Waals surface area contributed by atoms with Gasteiger partial charge in [0.15, 0.2) is 0 Å². The lowest BCUT2D eigenvalue weighted by Crippen LogP contribution is -2.54. The largest absolute Gasteiger partial charge is 0.352 e. The van der Waals surface area contributed by atoms with Crippen LogP contribution in [0.3, 0.4) is 0 Å². The molecule has 2 aliphatic carbocycles. The smallest absolute Gasteiger partial charge is 0.237 e. The summed E-state index contributed by atoms with van der Waals surface area (Å²) in [7, 11) is 0. The third-order valence-corrected chi connectivity index (χ3v) is 5.62. The fraction of sp³-hybridized carbons (Fsp3) is 0.929. The lowest BCUT2D eigenvalue weighted by Gasteiger charge is -2.37. The molecule has 2 saturated carbocycles. The molecule has 3 rings (SSSR count). The zero-order valence-corrected chi connectivity index (χ0v) is 13.5. The summed E-state index contributed by atoms with van der Waals surface area (Å²) in [5, 5.41) is 3.09. The van der Waals surface area contributed by atoms with Gasteiger partial charge in [0.25, 0.3) is 0 Å². The second-order valence-corrected chi connectivity index (χ2v) is 8.00. The molecule has 0 aromatic carbocycles. The summed E-state index contributed by atoms with van der Waals surface area (Å²) in [4.78, 5) is 16.7. The highest BCUT2D eigenvalue weighted by Crippen LogP contribution is 2.53. The predicted octanol–water partition coefficient (Wildman–Crippen LogP) is 1.46. The molecule has 0 spiro atoms. The van der Waals surface area contributed by atoms with Gasteiger partial charge in [0.1, 0.15) is 4.33 Å². The monoisotopic (exact) mass is 319 g/mol. The Kier molecular flexibility index (Phi) is 4.20. The maximum atomic E-state index is 12.0. The normalized spacial score (nSPS) is 31.9. The molecule has 0 radical (unpaired) electrons. The maximum Gasteiger partial charge on any atom is 0.237 e. The van der Waals surface area contributed by atoms with Crippen LogP contribution in [0.4, 0.5) is 0 Å². The van der Waals surface area contributed by atoms with Crippen LogP contribution in [0.1, 0.15) is 26.2 Å². The number of amides is 1. The molecule has 4 nitrogen and oxygen atoms in total. The van der Waals surface area contributed by atoms with Crippen LogP contribution in [0.25, 0.3) is 0 Å². The van der Waals surface area contributed by atoms with Crippen LogP contribution in [-0.4, -0.2) is 64.8 Å². The number of rotatable bonds is 5. The van der Waals surface area contributed by atoms with Crippen LogP contribution in [0.2, 0.25) is 0 Å². The molecule has 0 aromatic rings. The number of alkyl halides is 2. The van der Waals surface area contributed by atoms with Crippen molar-refractivity contribution in [3.8, 4) is 0 Å². The van der Waals surface area contributed by atoms with Gasteiger partial charge in [-0.15, -0.1) is 23.2 Å². The SMILES string of the molecule is C[C@H](C(=O)NC1CC1)N1CCN(C[C@@H]2CC2(Cl)Cl)CC1. The molecule has 0 bridgehead atoms. The van der Waals surface area contributed by atoms with Gasteiger partial charge in [-0.05, 0) is 26.2 Å². The second-order valence-electron chi connectivity index (χ2n) is 6.46. The van der Waals surface area contributed by atoms with Crippen molar-refractivity contribution in [2.75, 3.05) is 32.7 Å². The van der Waals surface area contributed by atoms with Gasteiger partial charge < -0.3 is 10.2 Å². The van der Waals surface area contributed by atoms with Crippen LogP contribution in [0, 0.1) is 5.92 Å². The Balaban J connectivity index is 1.40. The summed E-state index contributed by atoms with van der Waals surface area (Å²) in [6.45, 7) is 6.90. The number of piperazine rings is 1. The van der Waals surface area contributed by atoms with E-state index in [1.54, 1.807) is 0 Å². The summed E-state index contributed by atoms with van der Waals surface area (Å²) < 4.78 is -0.478. The lowest BCUT2D eigenvalue weighted by atomic mass is 10.2. The van der Waals surface area contributed by atoms with Gasteiger partial charge in [-0.1, -0.05) is 0 Å². The zero-order chi connectivity index (χ0) is 14.3. The van der Waals surface area contributed by atoms with Gasteiger partial charge in [0, 0.05) is 44.7 Å². The number of nitrogens with one attached hydrogen (secondary N) is 1. The third-order valence-electron chi connectivity index (χ3n) is 4.69. The summed E-state index contributed by atoms with van der Waals surface area (Å²) in [5.74, 6) is 0.608. The van der Waals surface area contributed by atoms with Crippen molar-refractivity contribution in [2.45, 2.75) is 42.6 Å². The van der Waals surface area contributed by atoms with Crippen LogP contribution in [0.15, 0.2) is 0 Å². The molecule has 1 N–H and O–H groups in total. The van der Waals surface area contributed by atoms with E-state index in [0.717, 1.165) is 52.0 Å². The standard InChI is InChI=1S/C14H23Cl2N3O/c1-10(13(20)17-12-2-3-12)19-6-4-18(5-7-19)9-11-8-14(11,15)16/h10-12H,2-9H2,1H3,(H,17,20)/t10-,11+/m1/s1. The highest BCUT2D eigenvalue weighted by molar-refractivity contribution is 6.50. The number of halogens is 2. The molecule has 2 atom stereocenters. The number of hydrogen-bond donors (Lipinski definition) is 1. The maximum absolute atomic E-state index is 12.0. The first-order valence-electron chi connectivity index (χ1n) is 7.60. The van der Waals surface area contributed by atoms with Crippen molar-refractivity contribution in [1.82, 2.24) is 15.1 Å². The Labute approximate surface area is 130 Å². The van der Waals surface area contributed by atoms with E-state index in [4.69, 9.17) is 23.2 Å². The number of nitrogens with zero attached hydrogens (tertiary/aromatic N) is 2. The van der Waals surface area contributed by atoms with Crippen LogP contribution < -0.4 is 5.32 Å². The predicted molar refractivity (Wildman–Crippen MR) is 81.2 cm³/mol. The lowest BCUT2D eigenvalue weighted by molar-refractivity contribution is -0.126. The van der Waals surface area contributed by atoms with E-state index >= 15 is 0 Å². The highest BCUT2D eigenvalue weighted by Gasteiger charge is 2.52. The Morgan fingerprint density at radius 1 is 1.30 bits per heavy atom. The van der Waals surface area contributed by atoms with Gasteiger partial charge in [-0.2, -0.15) is 0 Å². The first-order valence-corrected chi connectivity index (χ1v) is 8.36. The molecule has 3 fully saturated rings. The quantitative estimate of drug-likeness (QED) is 0.779. The number of hydrogen-bond acceptors (Lipinski definition) is 3.